The van der Waals surface area contributed by atoms with Gasteiger partial charge in [-0.15, -0.1) is 24.0 Å². The standard InChI is InChI=1S/C25H42N4O3.HI/c1-3-26-25(27-12-4-15-31-19-23-11-16-32-20-23)28-17-21-9-13-29(14-10-21)18-22-5-7-24(30-2)8-6-22;/h5-8,21,23H,3-4,9-20H2,1-2H3,(H2,26,27,28);1H. The van der Waals surface area contributed by atoms with E-state index in [0.29, 0.717) is 11.8 Å². The van der Waals surface area contributed by atoms with Crippen LogP contribution < -0.4 is 15.4 Å². The van der Waals surface area contributed by atoms with Crippen LogP contribution in [0.4, 0.5) is 0 Å². The molecule has 2 heterocycles. The molecule has 0 spiro atoms. The maximum atomic E-state index is 5.79. The van der Waals surface area contributed by atoms with E-state index in [1.165, 1.54) is 18.4 Å². The summed E-state index contributed by atoms with van der Waals surface area (Å²) in [5.74, 6) is 3.10. The third-order valence-corrected chi connectivity index (χ3v) is 6.26. The Labute approximate surface area is 217 Å². The number of benzene rings is 1. The third kappa shape index (κ3) is 10.8. The summed E-state index contributed by atoms with van der Waals surface area (Å²) < 4.78 is 16.4. The maximum Gasteiger partial charge on any atom is 0.191 e. The van der Waals surface area contributed by atoms with Crippen LogP contribution in [-0.4, -0.2) is 77.1 Å². The van der Waals surface area contributed by atoms with Crippen molar-refractivity contribution in [2.45, 2.75) is 39.2 Å². The van der Waals surface area contributed by atoms with Crippen molar-refractivity contribution in [1.29, 1.82) is 0 Å². The van der Waals surface area contributed by atoms with Gasteiger partial charge in [-0.2, -0.15) is 0 Å². The maximum absolute atomic E-state index is 5.79. The normalized spacial score (nSPS) is 19.8. The van der Waals surface area contributed by atoms with Crippen LogP contribution in [0, 0.1) is 11.8 Å². The number of methoxy groups -OCH3 is 1. The van der Waals surface area contributed by atoms with Gasteiger partial charge in [-0.1, -0.05) is 12.1 Å². The van der Waals surface area contributed by atoms with Crippen LogP contribution in [-0.2, 0) is 16.0 Å². The first kappa shape index (κ1) is 28.1. The fourth-order valence-corrected chi connectivity index (χ4v) is 4.22. The number of rotatable bonds is 12. The molecular weight excluding hydrogens is 531 g/mol. The zero-order valence-electron chi connectivity index (χ0n) is 20.4. The number of hydrogen-bond acceptors (Lipinski definition) is 5. The number of likely N-dealkylation sites (tertiary alicyclic amines) is 1. The van der Waals surface area contributed by atoms with Crippen LogP contribution >= 0.6 is 24.0 Å². The van der Waals surface area contributed by atoms with Crippen LogP contribution in [0.25, 0.3) is 0 Å². The van der Waals surface area contributed by atoms with Crippen molar-refractivity contribution >= 4 is 29.9 Å². The number of aliphatic imine (C=N–C) groups is 1. The lowest BCUT2D eigenvalue weighted by molar-refractivity contribution is 0.0888. The van der Waals surface area contributed by atoms with Crippen molar-refractivity contribution in [2.75, 3.05) is 66.3 Å². The Bertz CT molecular complexity index is 660. The van der Waals surface area contributed by atoms with Gasteiger partial charge in [0.05, 0.1) is 20.3 Å². The van der Waals surface area contributed by atoms with Crippen LogP contribution in [0.15, 0.2) is 29.3 Å². The van der Waals surface area contributed by atoms with Gasteiger partial charge in [-0.3, -0.25) is 9.89 Å². The Morgan fingerprint density at radius 3 is 2.58 bits per heavy atom. The van der Waals surface area contributed by atoms with Gasteiger partial charge in [-0.05, 0) is 69.3 Å². The topological polar surface area (TPSA) is 67.4 Å². The molecule has 2 saturated heterocycles. The van der Waals surface area contributed by atoms with E-state index in [9.17, 15) is 0 Å². The summed E-state index contributed by atoms with van der Waals surface area (Å²) in [4.78, 5) is 7.40. The number of piperidine rings is 1. The summed E-state index contributed by atoms with van der Waals surface area (Å²) in [5.41, 5.74) is 1.35. The second-order valence-electron chi connectivity index (χ2n) is 8.87. The number of nitrogens with zero attached hydrogens (tertiary/aromatic N) is 2. The molecule has 0 aromatic heterocycles. The summed E-state index contributed by atoms with van der Waals surface area (Å²) in [6.07, 6.45) is 4.53. The molecule has 1 atom stereocenters. The average molecular weight is 575 g/mol. The quantitative estimate of drug-likeness (QED) is 0.173. The third-order valence-electron chi connectivity index (χ3n) is 6.26. The highest BCUT2D eigenvalue weighted by Crippen LogP contribution is 2.20. The van der Waals surface area contributed by atoms with E-state index >= 15 is 0 Å². The van der Waals surface area contributed by atoms with E-state index in [4.69, 9.17) is 19.2 Å². The first-order valence-electron chi connectivity index (χ1n) is 12.3. The molecule has 33 heavy (non-hydrogen) atoms. The average Bonchev–Trinajstić information content (AvgIpc) is 3.34. The Hall–Kier alpha value is -1.10. The molecule has 0 saturated carbocycles. The van der Waals surface area contributed by atoms with Crippen LogP contribution in [0.3, 0.4) is 0 Å². The van der Waals surface area contributed by atoms with Crippen molar-refractivity contribution < 1.29 is 14.2 Å². The van der Waals surface area contributed by atoms with Crippen LogP contribution in [0.1, 0.15) is 38.2 Å². The minimum atomic E-state index is 0. The fraction of sp³-hybridized carbons (Fsp3) is 0.720. The van der Waals surface area contributed by atoms with Gasteiger partial charge in [0.25, 0.3) is 0 Å². The van der Waals surface area contributed by atoms with Gasteiger partial charge in [-0.25, -0.2) is 0 Å². The highest BCUT2D eigenvalue weighted by molar-refractivity contribution is 14.0. The Morgan fingerprint density at radius 2 is 1.91 bits per heavy atom. The van der Waals surface area contributed by atoms with E-state index in [1.807, 2.05) is 12.1 Å². The zero-order valence-corrected chi connectivity index (χ0v) is 22.7. The van der Waals surface area contributed by atoms with Crippen molar-refractivity contribution in [3.63, 3.8) is 0 Å². The first-order valence-corrected chi connectivity index (χ1v) is 12.3. The smallest absolute Gasteiger partial charge is 0.191 e. The number of guanidine groups is 1. The number of halogens is 1. The van der Waals surface area contributed by atoms with Gasteiger partial charge in [0.1, 0.15) is 5.75 Å². The second-order valence-corrected chi connectivity index (χ2v) is 8.87. The molecule has 0 amide bonds. The second kappa shape index (κ2) is 16.5. The Morgan fingerprint density at radius 1 is 1.12 bits per heavy atom. The molecule has 1 unspecified atom stereocenters. The summed E-state index contributed by atoms with van der Waals surface area (Å²) in [6.45, 7) is 11.4. The van der Waals surface area contributed by atoms with Crippen molar-refractivity contribution in [2.24, 2.45) is 16.8 Å². The molecule has 2 N–H and O–H groups in total. The summed E-state index contributed by atoms with van der Waals surface area (Å²) in [6, 6.07) is 8.42. The largest absolute Gasteiger partial charge is 0.497 e. The van der Waals surface area contributed by atoms with Crippen LogP contribution in [0.2, 0.25) is 0 Å². The lowest BCUT2D eigenvalue weighted by Gasteiger charge is -2.31. The molecule has 0 aliphatic carbocycles. The molecule has 0 radical (unpaired) electrons. The van der Waals surface area contributed by atoms with E-state index in [2.05, 4.69) is 34.6 Å². The Balaban J connectivity index is 0.00000385. The fourth-order valence-electron chi connectivity index (χ4n) is 4.22. The van der Waals surface area contributed by atoms with Crippen molar-refractivity contribution in [1.82, 2.24) is 15.5 Å². The molecule has 2 fully saturated rings. The predicted octanol–water partition coefficient (Wildman–Crippen LogP) is 3.52. The van der Waals surface area contributed by atoms with Crippen LogP contribution in [0.5, 0.6) is 5.75 Å². The number of ether oxygens (including phenoxy) is 3. The molecule has 1 aromatic carbocycles. The zero-order chi connectivity index (χ0) is 22.4. The molecule has 8 heteroatoms. The minimum absolute atomic E-state index is 0. The van der Waals surface area contributed by atoms with Crippen molar-refractivity contribution in [3.05, 3.63) is 29.8 Å². The van der Waals surface area contributed by atoms with E-state index < -0.39 is 0 Å². The molecular formula is C25H43IN4O3. The summed E-state index contributed by atoms with van der Waals surface area (Å²) in [7, 11) is 1.71. The van der Waals surface area contributed by atoms with Gasteiger partial charge in [0.15, 0.2) is 5.96 Å². The van der Waals surface area contributed by atoms with E-state index in [1.54, 1.807) is 7.11 Å². The van der Waals surface area contributed by atoms with Gasteiger partial charge in [0.2, 0.25) is 0 Å². The SMILES string of the molecule is CCNC(=NCC1CCN(Cc2ccc(OC)cc2)CC1)NCCCOCC1CCOC1.I. The van der Waals surface area contributed by atoms with E-state index in [-0.39, 0.29) is 24.0 Å². The summed E-state index contributed by atoms with van der Waals surface area (Å²) in [5, 5.41) is 6.82. The molecule has 3 rings (SSSR count). The molecule has 2 aliphatic rings. The molecule has 188 valence electrons. The minimum Gasteiger partial charge on any atom is -0.497 e. The monoisotopic (exact) mass is 574 g/mol. The lowest BCUT2D eigenvalue weighted by Crippen LogP contribution is -2.39. The van der Waals surface area contributed by atoms with E-state index in [0.717, 1.165) is 90.2 Å². The lowest BCUT2D eigenvalue weighted by atomic mass is 9.96. The number of hydrogen-bond donors (Lipinski definition) is 2. The Kier molecular flexibility index (Phi) is 14.1. The first-order chi connectivity index (χ1) is 15.8. The summed E-state index contributed by atoms with van der Waals surface area (Å²) >= 11 is 0. The highest BCUT2D eigenvalue weighted by Gasteiger charge is 2.19. The predicted molar refractivity (Wildman–Crippen MR) is 145 cm³/mol. The number of nitrogens with one attached hydrogen (secondary N) is 2. The van der Waals surface area contributed by atoms with Gasteiger partial charge < -0.3 is 24.8 Å². The van der Waals surface area contributed by atoms with Gasteiger partial charge >= 0.3 is 0 Å². The molecule has 0 bridgehead atoms. The molecule has 1 aromatic rings. The van der Waals surface area contributed by atoms with Gasteiger partial charge in [0, 0.05) is 45.3 Å². The highest BCUT2D eigenvalue weighted by atomic mass is 127. The molecule has 2 aliphatic heterocycles. The molecule has 7 nitrogen and oxygen atoms in total. The van der Waals surface area contributed by atoms with Crippen molar-refractivity contribution in [3.8, 4) is 5.75 Å².